The van der Waals surface area contributed by atoms with Crippen molar-refractivity contribution >= 4 is 5.97 Å². The molecule has 4 nitrogen and oxygen atoms in total. The van der Waals surface area contributed by atoms with Crippen molar-refractivity contribution in [3.63, 3.8) is 0 Å². The fourth-order valence-corrected chi connectivity index (χ4v) is 3.69. The molecule has 3 unspecified atom stereocenters. The Hall–Kier alpha value is -0.610. The molecule has 0 aromatic carbocycles. The van der Waals surface area contributed by atoms with Gasteiger partial charge in [-0.25, -0.2) is 0 Å². The molecule has 2 aliphatic rings. The number of nitrogens with zero attached hydrogens (tertiary/aromatic N) is 2. The third-order valence-corrected chi connectivity index (χ3v) is 5.43. The van der Waals surface area contributed by atoms with Gasteiger partial charge >= 0.3 is 5.97 Å². The Morgan fingerprint density at radius 3 is 2.74 bits per heavy atom. The third kappa shape index (κ3) is 2.95. The lowest BCUT2D eigenvalue weighted by molar-refractivity contribution is -0.154. The van der Waals surface area contributed by atoms with Crippen molar-refractivity contribution in [2.24, 2.45) is 5.41 Å². The molecule has 0 aromatic heterocycles. The van der Waals surface area contributed by atoms with Crippen LogP contribution in [0.5, 0.6) is 0 Å². The van der Waals surface area contributed by atoms with Crippen molar-refractivity contribution in [1.82, 2.24) is 9.80 Å². The zero-order valence-corrected chi connectivity index (χ0v) is 12.6. The molecule has 2 heterocycles. The van der Waals surface area contributed by atoms with E-state index in [2.05, 4.69) is 23.8 Å². The van der Waals surface area contributed by atoms with Crippen molar-refractivity contribution in [2.45, 2.75) is 58.0 Å². The molecule has 2 fully saturated rings. The monoisotopic (exact) mass is 268 g/mol. The highest BCUT2D eigenvalue weighted by atomic mass is 16.4. The van der Waals surface area contributed by atoms with Gasteiger partial charge in [-0.3, -0.25) is 9.69 Å². The number of carboxylic acids is 1. The van der Waals surface area contributed by atoms with Crippen LogP contribution in [-0.4, -0.2) is 59.6 Å². The molecule has 1 N–H and O–H groups in total. The zero-order valence-electron chi connectivity index (χ0n) is 12.6. The average Bonchev–Trinajstić information content (AvgIpc) is 2.41. The van der Waals surface area contributed by atoms with Crippen molar-refractivity contribution in [3.8, 4) is 0 Å². The summed E-state index contributed by atoms with van der Waals surface area (Å²) in [6.45, 7) is 7.26. The summed E-state index contributed by atoms with van der Waals surface area (Å²) in [7, 11) is 2.19. The maximum Gasteiger partial charge on any atom is 0.310 e. The summed E-state index contributed by atoms with van der Waals surface area (Å²) in [5, 5.41) is 9.56. The molecular formula is C15H28N2O2. The van der Waals surface area contributed by atoms with E-state index in [1.807, 2.05) is 6.92 Å². The predicted octanol–water partition coefficient (Wildman–Crippen LogP) is 2.05. The van der Waals surface area contributed by atoms with Crippen LogP contribution in [-0.2, 0) is 4.79 Å². The minimum absolute atomic E-state index is 0.495. The Morgan fingerprint density at radius 1 is 1.42 bits per heavy atom. The highest BCUT2D eigenvalue weighted by molar-refractivity contribution is 5.75. The number of aliphatic carboxylic acids is 1. The summed E-state index contributed by atoms with van der Waals surface area (Å²) in [4.78, 5) is 16.5. The van der Waals surface area contributed by atoms with E-state index in [9.17, 15) is 9.90 Å². The lowest BCUT2D eigenvalue weighted by Crippen LogP contribution is -2.54. The lowest BCUT2D eigenvalue weighted by atomic mass is 9.76. The van der Waals surface area contributed by atoms with Gasteiger partial charge in [0.25, 0.3) is 0 Å². The van der Waals surface area contributed by atoms with Crippen molar-refractivity contribution in [3.05, 3.63) is 0 Å². The van der Waals surface area contributed by atoms with Gasteiger partial charge in [0.05, 0.1) is 5.41 Å². The van der Waals surface area contributed by atoms with Crippen LogP contribution in [0.1, 0.15) is 46.0 Å². The SMILES string of the molecule is CCC1(C(=O)O)CCCN(C2CCN(C)C(C)C2)C1. The minimum atomic E-state index is -0.597. The predicted molar refractivity (Wildman–Crippen MR) is 76.3 cm³/mol. The van der Waals surface area contributed by atoms with Gasteiger partial charge in [-0.15, -0.1) is 0 Å². The normalized spacial score (nSPS) is 38.3. The van der Waals surface area contributed by atoms with Gasteiger partial charge in [-0.05, 0) is 59.2 Å². The van der Waals surface area contributed by atoms with Crippen molar-refractivity contribution < 1.29 is 9.90 Å². The molecular weight excluding hydrogens is 240 g/mol. The second-order valence-corrected chi connectivity index (χ2v) is 6.52. The summed E-state index contributed by atoms with van der Waals surface area (Å²) >= 11 is 0. The molecule has 0 amide bonds. The molecule has 0 radical (unpaired) electrons. The topological polar surface area (TPSA) is 43.8 Å². The first-order valence-electron chi connectivity index (χ1n) is 7.66. The molecule has 0 aliphatic carbocycles. The quantitative estimate of drug-likeness (QED) is 0.851. The first kappa shape index (κ1) is 14.8. The Labute approximate surface area is 116 Å². The van der Waals surface area contributed by atoms with E-state index in [0.717, 1.165) is 38.9 Å². The molecule has 110 valence electrons. The van der Waals surface area contributed by atoms with Crippen LogP contribution in [0.25, 0.3) is 0 Å². The highest BCUT2D eigenvalue weighted by Crippen LogP contribution is 2.36. The van der Waals surface area contributed by atoms with Crippen molar-refractivity contribution in [1.29, 1.82) is 0 Å². The summed E-state index contributed by atoms with van der Waals surface area (Å²) in [6, 6.07) is 1.19. The number of hydrogen-bond acceptors (Lipinski definition) is 3. The van der Waals surface area contributed by atoms with E-state index < -0.39 is 11.4 Å². The summed E-state index contributed by atoms with van der Waals surface area (Å²) in [5.41, 5.74) is -0.495. The first-order valence-corrected chi connectivity index (χ1v) is 7.66. The summed E-state index contributed by atoms with van der Waals surface area (Å²) in [6.07, 6.45) is 4.98. The molecule has 0 saturated carbocycles. The van der Waals surface area contributed by atoms with Crippen molar-refractivity contribution in [2.75, 3.05) is 26.7 Å². The van der Waals surface area contributed by atoms with Crippen LogP contribution in [0.4, 0.5) is 0 Å². The smallest absolute Gasteiger partial charge is 0.310 e. The minimum Gasteiger partial charge on any atom is -0.481 e. The van der Waals surface area contributed by atoms with E-state index in [-0.39, 0.29) is 0 Å². The second kappa shape index (κ2) is 5.80. The van der Waals surface area contributed by atoms with Gasteiger partial charge < -0.3 is 10.0 Å². The zero-order chi connectivity index (χ0) is 14.0. The number of carboxylic acid groups (broad SMARTS) is 1. The second-order valence-electron chi connectivity index (χ2n) is 6.52. The standard InChI is InChI=1S/C15H28N2O2/c1-4-15(14(18)19)7-5-8-17(11-15)13-6-9-16(3)12(2)10-13/h12-13H,4-11H2,1-3H3,(H,18,19). The molecule has 2 rings (SSSR count). The van der Waals surface area contributed by atoms with E-state index >= 15 is 0 Å². The number of carbonyl (C=O) groups is 1. The third-order valence-electron chi connectivity index (χ3n) is 5.43. The van der Waals surface area contributed by atoms with Gasteiger partial charge in [0.2, 0.25) is 0 Å². The molecule has 0 bridgehead atoms. The Morgan fingerprint density at radius 2 is 2.16 bits per heavy atom. The van der Waals surface area contributed by atoms with Crippen LogP contribution < -0.4 is 0 Å². The molecule has 19 heavy (non-hydrogen) atoms. The van der Waals surface area contributed by atoms with E-state index in [0.29, 0.717) is 12.1 Å². The highest BCUT2D eigenvalue weighted by Gasteiger charge is 2.43. The fourth-order valence-electron chi connectivity index (χ4n) is 3.69. The van der Waals surface area contributed by atoms with E-state index in [1.165, 1.54) is 12.8 Å². The number of rotatable bonds is 3. The van der Waals surface area contributed by atoms with Gasteiger partial charge in [0.1, 0.15) is 0 Å². The van der Waals surface area contributed by atoms with E-state index in [1.54, 1.807) is 0 Å². The van der Waals surface area contributed by atoms with Gasteiger partial charge in [-0.2, -0.15) is 0 Å². The summed E-state index contributed by atoms with van der Waals surface area (Å²) in [5.74, 6) is -0.597. The maximum atomic E-state index is 11.6. The van der Waals surface area contributed by atoms with Gasteiger partial charge in [0, 0.05) is 18.6 Å². The van der Waals surface area contributed by atoms with Gasteiger partial charge in [0.15, 0.2) is 0 Å². The molecule has 3 atom stereocenters. The van der Waals surface area contributed by atoms with E-state index in [4.69, 9.17) is 0 Å². The molecule has 2 aliphatic heterocycles. The summed E-state index contributed by atoms with van der Waals surface area (Å²) < 4.78 is 0. The maximum absolute atomic E-state index is 11.6. The number of piperidine rings is 2. The molecule has 0 spiro atoms. The molecule has 4 heteroatoms. The molecule has 2 saturated heterocycles. The first-order chi connectivity index (χ1) is 8.98. The Balaban J connectivity index is 2.03. The fraction of sp³-hybridized carbons (Fsp3) is 0.933. The van der Waals surface area contributed by atoms with Gasteiger partial charge in [-0.1, -0.05) is 6.92 Å². The van der Waals surface area contributed by atoms with Crippen LogP contribution in [0.3, 0.4) is 0 Å². The van der Waals surface area contributed by atoms with Crippen LogP contribution in [0.15, 0.2) is 0 Å². The number of likely N-dealkylation sites (tertiary alicyclic amines) is 2. The Kier molecular flexibility index (Phi) is 4.51. The van der Waals surface area contributed by atoms with Crippen LogP contribution in [0.2, 0.25) is 0 Å². The Bertz CT molecular complexity index is 334. The van der Waals surface area contributed by atoms with Crippen LogP contribution in [0, 0.1) is 5.41 Å². The largest absolute Gasteiger partial charge is 0.481 e. The number of hydrogen-bond donors (Lipinski definition) is 1. The molecule has 0 aromatic rings. The van der Waals surface area contributed by atoms with Crippen LogP contribution >= 0.6 is 0 Å². The lowest BCUT2D eigenvalue weighted by Gasteiger charge is -2.46. The average molecular weight is 268 g/mol.